The number of nitrogens with one attached hydrogen (secondary N) is 1. The van der Waals surface area contributed by atoms with Crippen LogP contribution in [0.1, 0.15) is 18.0 Å². The normalized spacial score (nSPS) is 20.5. The molecule has 4 rings (SSSR count). The van der Waals surface area contributed by atoms with Crippen molar-refractivity contribution < 1.29 is 28.6 Å². The lowest BCUT2D eigenvalue weighted by atomic mass is 10.0. The number of nitrogens with zero attached hydrogens (tertiary/aromatic N) is 1. The molecule has 10 heteroatoms. The third-order valence-corrected chi connectivity index (χ3v) is 8.33. The molecule has 3 aromatic rings. The van der Waals surface area contributed by atoms with Crippen LogP contribution in [0.4, 0.5) is 0 Å². The van der Waals surface area contributed by atoms with Gasteiger partial charge in [0.1, 0.15) is 17.2 Å². The first kappa shape index (κ1) is 24.3. The van der Waals surface area contributed by atoms with E-state index in [0.717, 1.165) is 5.56 Å². The Labute approximate surface area is 202 Å². The molecule has 0 radical (unpaired) electrons. The van der Waals surface area contributed by atoms with Crippen molar-refractivity contribution >= 4 is 30.3 Å². The molecule has 8 nitrogen and oxygen atoms in total. The quantitative estimate of drug-likeness (QED) is 0.268. The number of rotatable bonds is 7. The number of benzene rings is 3. The maximum absolute atomic E-state index is 14.2. The Morgan fingerprint density at radius 3 is 2.24 bits per heavy atom. The second kappa shape index (κ2) is 10.6. The lowest BCUT2D eigenvalue weighted by Gasteiger charge is -2.41. The van der Waals surface area contributed by atoms with Crippen molar-refractivity contribution in [1.29, 1.82) is 0 Å². The van der Waals surface area contributed by atoms with Crippen LogP contribution in [0.3, 0.4) is 0 Å². The fourth-order valence-corrected chi connectivity index (χ4v) is 6.34. The summed E-state index contributed by atoms with van der Waals surface area (Å²) in [6.07, 6.45) is 0.521. The summed E-state index contributed by atoms with van der Waals surface area (Å²) >= 11 is 5.91. The van der Waals surface area contributed by atoms with E-state index in [9.17, 15) is 9.36 Å². The SMILES string of the molecule is COc1ccc(C2CCOP(=O)(c3ccc(Oc4ccc(Cl)cc4)cc3)N2CC(=O)NO)cc1. The molecule has 0 saturated carbocycles. The van der Waals surface area contributed by atoms with E-state index in [2.05, 4.69) is 0 Å². The van der Waals surface area contributed by atoms with Crippen molar-refractivity contribution in [1.82, 2.24) is 10.2 Å². The van der Waals surface area contributed by atoms with Crippen LogP contribution in [0.5, 0.6) is 17.2 Å². The van der Waals surface area contributed by atoms with Crippen molar-refractivity contribution in [2.75, 3.05) is 20.3 Å². The van der Waals surface area contributed by atoms with E-state index in [1.54, 1.807) is 61.1 Å². The zero-order valence-corrected chi connectivity index (χ0v) is 20.0. The van der Waals surface area contributed by atoms with Gasteiger partial charge in [0.2, 0.25) is 0 Å². The van der Waals surface area contributed by atoms with Gasteiger partial charge in [0.15, 0.2) is 0 Å². The minimum Gasteiger partial charge on any atom is -0.497 e. The molecule has 1 saturated heterocycles. The number of hydrogen-bond acceptors (Lipinski definition) is 6. The highest BCUT2D eigenvalue weighted by atomic mass is 35.5. The molecule has 1 aliphatic rings. The largest absolute Gasteiger partial charge is 0.497 e. The fraction of sp³-hybridized carbons (Fsp3) is 0.208. The molecule has 34 heavy (non-hydrogen) atoms. The lowest BCUT2D eigenvalue weighted by molar-refractivity contribution is -0.130. The number of methoxy groups -OCH3 is 1. The highest BCUT2D eigenvalue weighted by molar-refractivity contribution is 7.64. The third-order valence-electron chi connectivity index (χ3n) is 5.50. The summed E-state index contributed by atoms with van der Waals surface area (Å²) in [6, 6.07) is 20.6. The summed E-state index contributed by atoms with van der Waals surface area (Å²) < 4.78 is 32.6. The minimum atomic E-state index is -3.64. The van der Waals surface area contributed by atoms with Crippen LogP contribution in [-0.2, 0) is 13.9 Å². The van der Waals surface area contributed by atoms with Crippen molar-refractivity contribution in [2.45, 2.75) is 12.5 Å². The van der Waals surface area contributed by atoms with Crippen molar-refractivity contribution in [3.8, 4) is 17.2 Å². The highest BCUT2D eigenvalue weighted by Crippen LogP contribution is 2.57. The molecule has 0 aliphatic carbocycles. The first-order valence-corrected chi connectivity index (χ1v) is 12.5. The van der Waals surface area contributed by atoms with Gasteiger partial charge in [-0.2, -0.15) is 0 Å². The van der Waals surface area contributed by atoms with Gasteiger partial charge in [0.05, 0.1) is 25.6 Å². The second-order valence-electron chi connectivity index (χ2n) is 7.61. The minimum absolute atomic E-state index is 0.244. The standard InChI is InChI=1S/C24H24ClN2O6P/c1-31-19-6-2-17(3-7-19)23-14-15-32-34(30,27(23)16-24(28)26-29)22-12-10-21(11-13-22)33-20-8-4-18(25)5-9-20/h2-13,23,29H,14-16H2,1H3,(H,26,28). The zero-order chi connectivity index (χ0) is 24.1. The van der Waals surface area contributed by atoms with E-state index in [1.165, 1.54) is 4.67 Å². The first-order chi connectivity index (χ1) is 16.4. The van der Waals surface area contributed by atoms with E-state index in [1.807, 2.05) is 24.3 Å². The summed E-state index contributed by atoms with van der Waals surface area (Å²) in [5.74, 6) is 1.15. The zero-order valence-electron chi connectivity index (χ0n) is 18.4. The Hall–Kier alpha value is -2.87. The molecule has 0 spiro atoms. The molecular formula is C24H24ClN2O6P. The van der Waals surface area contributed by atoms with Crippen LogP contribution in [0.2, 0.25) is 5.02 Å². The molecule has 3 aromatic carbocycles. The first-order valence-electron chi connectivity index (χ1n) is 10.6. The summed E-state index contributed by atoms with van der Waals surface area (Å²) in [4.78, 5) is 12.1. The van der Waals surface area contributed by atoms with Crippen molar-refractivity contribution in [3.63, 3.8) is 0 Å². The topological polar surface area (TPSA) is 97.3 Å². The molecule has 1 heterocycles. The Balaban J connectivity index is 1.63. The van der Waals surface area contributed by atoms with Crippen LogP contribution < -0.4 is 20.3 Å². The second-order valence-corrected chi connectivity index (χ2v) is 10.4. The van der Waals surface area contributed by atoms with Gasteiger partial charge in [-0.1, -0.05) is 23.7 Å². The number of hydrogen-bond donors (Lipinski definition) is 2. The molecule has 2 unspecified atom stereocenters. The van der Waals surface area contributed by atoms with E-state index in [-0.39, 0.29) is 19.2 Å². The van der Waals surface area contributed by atoms with Gasteiger partial charge in [0, 0.05) is 11.1 Å². The smallest absolute Gasteiger partial charge is 0.303 e. The fourth-order valence-electron chi connectivity index (χ4n) is 3.81. The van der Waals surface area contributed by atoms with Crippen LogP contribution in [0.25, 0.3) is 0 Å². The van der Waals surface area contributed by atoms with Crippen molar-refractivity contribution in [2.24, 2.45) is 0 Å². The molecule has 2 N–H and O–H groups in total. The highest BCUT2D eigenvalue weighted by Gasteiger charge is 2.43. The molecule has 1 amide bonds. The Morgan fingerprint density at radius 1 is 1.06 bits per heavy atom. The predicted octanol–water partition coefficient (Wildman–Crippen LogP) is 4.93. The van der Waals surface area contributed by atoms with Gasteiger partial charge < -0.3 is 14.0 Å². The van der Waals surface area contributed by atoms with Crippen LogP contribution in [0.15, 0.2) is 72.8 Å². The van der Waals surface area contributed by atoms with Crippen LogP contribution >= 0.6 is 19.1 Å². The molecule has 178 valence electrons. The van der Waals surface area contributed by atoms with Gasteiger partial charge in [-0.25, -0.2) is 10.2 Å². The Kier molecular flexibility index (Phi) is 7.56. The molecule has 1 fully saturated rings. The molecule has 0 bridgehead atoms. The summed E-state index contributed by atoms with van der Waals surface area (Å²) in [6.45, 7) is -0.0677. The van der Waals surface area contributed by atoms with E-state index >= 15 is 0 Å². The van der Waals surface area contributed by atoms with Gasteiger partial charge >= 0.3 is 7.52 Å². The number of hydroxylamine groups is 1. The molecule has 2 atom stereocenters. The van der Waals surface area contributed by atoms with Gasteiger partial charge in [-0.3, -0.25) is 14.6 Å². The molecule has 0 aromatic heterocycles. The summed E-state index contributed by atoms with van der Waals surface area (Å²) in [5.41, 5.74) is 2.48. The Bertz CT molecular complexity index is 1170. The number of carbonyl (C=O) groups excluding carboxylic acids is 1. The maximum Gasteiger partial charge on any atom is 0.303 e. The lowest BCUT2D eigenvalue weighted by Crippen LogP contribution is -2.41. The van der Waals surface area contributed by atoms with Gasteiger partial charge in [-0.15, -0.1) is 0 Å². The number of halogens is 1. The average Bonchev–Trinajstić information content (AvgIpc) is 2.87. The average molecular weight is 503 g/mol. The summed E-state index contributed by atoms with van der Waals surface area (Å²) in [5, 5.41) is 10.1. The Morgan fingerprint density at radius 2 is 1.65 bits per heavy atom. The van der Waals surface area contributed by atoms with Gasteiger partial charge in [0.25, 0.3) is 5.91 Å². The van der Waals surface area contributed by atoms with E-state index in [0.29, 0.717) is 34.0 Å². The van der Waals surface area contributed by atoms with Crippen LogP contribution in [-0.4, -0.2) is 36.0 Å². The predicted molar refractivity (Wildman–Crippen MR) is 128 cm³/mol. The third kappa shape index (κ3) is 5.27. The van der Waals surface area contributed by atoms with Crippen molar-refractivity contribution in [3.05, 3.63) is 83.4 Å². The monoisotopic (exact) mass is 502 g/mol. The van der Waals surface area contributed by atoms with E-state index < -0.39 is 13.4 Å². The molecule has 1 aliphatic heterocycles. The number of ether oxygens (including phenoxy) is 2. The maximum atomic E-state index is 14.2. The van der Waals surface area contributed by atoms with E-state index in [4.69, 9.17) is 30.8 Å². The summed E-state index contributed by atoms with van der Waals surface area (Å²) in [7, 11) is -2.06. The van der Waals surface area contributed by atoms with Crippen LogP contribution in [0, 0.1) is 0 Å². The molecular weight excluding hydrogens is 479 g/mol. The van der Waals surface area contributed by atoms with Gasteiger partial charge in [-0.05, 0) is 72.6 Å². The number of amides is 1. The number of carbonyl (C=O) groups is 1.